The molecule has 0 atom stereocenters. The lowest BCUT2D eigenvalue weighted by Gasteiger charge is -2.31. The fourth-order valence-electron chi connectivity index (χ4n) is 2.81. The van der Waals surface area contributed by atoms with E-state index in [2.05, 4.69) is 21.8 Å². The average Bonchev–Trinajstić information content (AvgIpc) is 2.63. The van der Waals surface area contributed by atoms with E-state index in [0.717, 1.165) is 43.2 Å². The molecule has 2 rings (SSSR count). The first-order chi connectivity index (χ1) is 12.0. The molecule has 0 bridgehead atoms. The van der Waals surface area contributed by atoms with E-state index in [1.54, 1.807) is 18.3 Å². The van der Waals surface area contributed by atoms with E-state index in [4.69, 9.17) is 0 Å². The Bertz CT molecular complexity index is 627. The van der Waals surface area contributed by atoms with E-state index in [1.807, 2.05) is 13.0 Å². The standard InChI is InChI=1S/C20H27F2N3/c1-4-10-24-19(25-13-11-23-12-14-25)16(3)15-17-6-8-18(9-7-17)20(21,22)5-2/h4,6-10,23H,3,5,11-15H2,1-2H3/b10-4-,24-19?. The third-order valence-electron chi connectivity index (χ3n) is 4.32. The van der Waals surface area contributed by atoms with Gasteiger partial charge in [0.25, 0.3) is 5.92 Å². The maximum Gasteiger partial charge on any atom is 0.273 e. The Hall–Kier alpha value is -2.01. The molecule has 0 aromatic heterocycles. The van der Waals surface area contributed by atoms with Gasteiger partial charge in [0.15, 0.2) is 0 Å². The summed E-state index contributed by atoms with van der Waals surface area (Å²) in [5, 5.41) is 3.32. The zero-order valence-electron chi connectivity index (χ0n) is 15.1. The summed E-state index contributed by atoms with van der Waals surface area (Å²) in [6.45, 7) is 11.2. The van der Waals surface area contributed by atoms with Gasteiger partial charge in [-0.05, 0) is 18.1 Å². The fraction of sp³-hybridized carbons (Fsp3) is 0.450. The smallest absolute Gasteiger partial charge is 0.273 e. The lowest BCUT2D eigenvalue weighted by Crippen LogP contribution is -2.47. The van der Waals surface area contributed by atoms with Crippen LogP contribution in [0.15, 0.2) is 53.7 Å². The minimum absolute atomic E-state index is 0.0641. The summed E-state index contributed by atoms with van der Waals surface area (Å²) < 4.78 is 27.5. The number of alkyl halides is 2. The van der Waals surface area contributed by atoms with Crippen LogP contribution in [0.4, 0.5) is 8.78 Å². The van der Waals surface area contributed by atoms with Crippen molar-refractivity contribution in [3.8, 4) is 0 Å². The van der Waals surface area contributed by atoms with Gasteiger partial charge in [-0.25, -0.2) is 13.8 Å². The van der Waals surface area contributed by atoms with E-state index in [1.165, 1.54) is 19.1 Å². The van der Waals surface area contributed by atoms with E-state index in [0.29, 0.717) is 6.42 Å². The Morgan fingerprint density at radius 1 is 1.28 bits per heavy atom. The highest BCUT2D eigenvalue weighted by molar-refractivity contribution is 5.98. The third kappa shape index (κ3) is 5.23. The predicted octanol–water partition coefficient (Wildman–Crippen LogP) is 4.12. The highest BCUT2D eigenvalue weighted by Gasteiger charge is 2.28. The summed E-state index contributed by atoms with van der Waals surface area (Å²) in [5.41, 5.74) is 1.92. The van der Waals surface area contributed by atoms with Crippen LogP contribution in [0.1, 0.15) is 31.4 Å². The second-order valence-electron chi connectivity index (χ2n) is 6.21. The molecule has 1 aliphatic rings. The molecule has 0 unspecified atom stereocenters. The second kappa shape index (κ2) is 8.90. The van der Waals surface area contributed by atoms with Crippen LogP contribution < -0.4 is 5.32 Å². The second-order valence-corrected chi connectivity index (χ2v) is 6.21. The maximum absolute atomic E-state index is 13.7. The van der Waals surface area contributed by atoms with Crippen LogP contribution in [-0.4, -0.2) is 36.9 Å². The number of rotatable bonds is 6. The van der Waals surface area contributed by atoms with Crippen molar-refractivity contribution in [2.75, 3.05) is 26.2 Å². The molecular weight excluding hydrogens is 320 g/mol. The average molecular weight is 347 g/mol. The number of nitrogens with one attached hydrogen (secondary N) is 1. The number of aliphatic imine (C=N–C) groups is 1. The number of hydrogen-bond acceptors (Lipinski definition) is 2. The van der Waals surface area contributed by atoms with Crippen LogP contribution in [0.2, 0.25) is 0 Å². The molecule has 1 aliphatic heterocycles. The minimum Gasteiger partial charge on any atom is -0.354 e. The predicted molar refractivity (Wildman–Crippen MR) is 100 cm³/mol. The van der Waals surface area contributed by atoms with Crippen molar-refractivity contribution in [2.24, 2.45) is 4.99 Å². The molecular formula is C20H27F2N3. The Balaban J connectivity index is 2.12. The van der Waals surface area contributed by atoms with E-state index in [9.17, 15) is 8.78 Å². The van der Waals surface area contributed by atoms with Crippen molar-refractivity contribution < 1.29 is 8.78 Å². The zero-order valence-corrected chi connectivity index (χ0v) is 15.1. The molecule has 0 saturated carbocycles. The van der Waals surface area contributed by atoms with Crippen molar-refractivity contribution in [2.45, 2.75) is 32.6 Å². The van der Waals surface area contributed by atoms with Crippen LogP contribution in [0.5, 0.6) is 0 Å². The molecule has 136 valence electrons. The molecule has 5 heteroatoms. The number of piperazine rings is 1. The first kappa shape index (κ1) is 19.3. The quantitative estimate of drug-likeness (QED) is 0.619. The van der Waals surface area contributed by atoms with Gasteiger partial charge in [-0.1, -0.05) is 43.8 Å². The topological polar surface area (TPSA) is 27.6 Å². The van der Waals surface area contributed by atoms with Gasteiger partial charge in [0, 0.05) is 50.8 Å². The van der Waals surface area contributed by atoms with Crippen LogP contribution in [0, 0.1) is 0 Å². The molecule has 3 nitrogen and oxygen atoms in total. The number of hydrogen-bond donors (Lipinski definition) is 1. The SMILES string of the molecule is C=C(Cc1ccc(C(F)(F)CC)cc1)C(=N/C=C\C)N1CCNCC1. The van der Waals surface area contributed by atoms with Crippen molar-refractivity contribution >= 4 is 5.84 Å². The molecule has 1 heterocycles. The first-order valence-corrected chi connectivity index (χ1v) is 8.78. The van der Waals surface area contributed by atoms with Gasteiger partial charge in [-0.2, -0.15) is 0 Å². The Morgan fingerprint density at radius 2 is 1.92 bits per heavy atom. The number of allylic oxidation sites excluding steroid dienone is 1. The molecule has 1 saturated heterocycles. The third-order valence-corrected chi connectivity index (χ3v) is 4.32. The maximum atomic E-state index is 13.7. The molecule has 0 aliphatic carbocycles. The largest absolute Gasteiger partial charge is 0.354 e. The van der Waals surface area contributed by atoms with Gasteiger partial charge in [-0.3, -0.25) is 0 Å². The highest BCUT2D eigenvalue weighted by atomic mass is 19.3. The van der Waals surface area contributed by atoms with Crippen molar-refractivity contribution in [3.05, 3.63) is 59.8 Å². The van der Waals surface area contributed by atoms with Gasteiger partial charge < -0.3 is 10.2 Å². The van der Waals surface area contributed by atoms with E-state index >= 15 is 0 Å². The summed E-state index contributed by atoms with van der Waals surface area (Å²) in [4.78, 5) is 6.77. The summed E-state index contributed by atoms with van der Waals surface area (Å²) in [6.07, 6.45) is 4.06. The van der Waals surface area contributed by atoms with Crippen LogP contribution in [0.25, 0.3) is 0 Å². The molecule has 1 aromatic rings. The number of halogens is 2. The van der Waals surface area contributed by atoms with Crippen LogP contribution >= 0.6 is 0 Å². The summed E-state index contributed by atoms with van der Waals surface area (Å²) in [5.74, 6) is -1.89. The van der Waals surface area contributed by atoms with Gasteiger partial charge in [0.05, 0.1) is 0 Å². The highest BCUT2D eigenvalue weighted by Crippen LogP contribution is 2.31. The Labute approximate surface area is 149 Å². The van der Waals surface area contributed by atoms with Gasteiger partial charge in [0.1, 0.15) is 5.84 Å². The number of nitrogens with zero attached hydrogens (tertiary/aromatic N) is 2. The molecule has 0 radical (unpaired) electrons. The summed E-state index contributed by atoms with van der Waals surface area (Å²) in [7, 11) is 0. The summed E-state index contributed by atoms with van der Waals surface area (Å²) in [6, 6.07) is 6.55. The molecule has 1 fully saturated rings. The lowest BCUT2D eigenvalue weighted by molar-refractivity contribution is -0.00829. The Kier molecular flexibility index (Phi) is 6.88. The van der Waals surface area contributed by atoms with Crippen molar-refractivity contribution in [3.63, 3.8) is 0 Å². The Morgan fingerprint density at radius 3 is 2.48 bits per heavy atom. The summed E-state index contributed by atoms with van der Waals surface area (Å²) >= 11 is 0. The first-order valence-electron chi connectivity index (χ1n) is 8.78. The zero-order chi connectivity index (χ0) is 18.3. The molecule has 1 N–H and O–H groups in total. The normalized spacial score (nSPS) is 16.5. The van der Waals surface area contributed by atoms with Crippen molar-refractivity contribution in [1.82, 2.24) is 10.2 Å². The number of benzene rings is 1. The van der Waals surface area contributed by atoms with Gasteiger partial charge in [0.2, 0.25) is 0 Å². The molecule has 0 amide bonds. The number of amidine groups is 1. The fourth-order valence-corrected chi connectivity index (χ4v) is 2.81. The van der Waals surface area contributed by atoms with Crippen molar-refractivity contribution in [1.29, 1.82) is 0 Å². The van der Waals surface area contributed by atoms with E-state index in [-0.39, 0.29) is 12.0 Å². The van der Waals surface area contributed by atoms with E-state index < -0.39 is 5.92 Å². The lowest BCUT2D eigenvalue weighted by atomic mass is 10.00. The van der Waals surface area contributed by atoms with Gasteiger partial charge >= 0.3 is 0 Å². The molecule has 1 aromatic carbocycles. The van der Waals surface area contributed by atoms with Crippen LogP contribution in [-0.2, 0) is 12.3 Å². The monoisotopic (exact) mass is 347 g/mol. The molecule has 0 spiro atoms. The van der Waals surface area contributed by atoms with Crippen LogP contribution in [0.3, 0.4) is 0 Å². The van der Waals surface area contributed by atoms with Gasteiger partial charge in [-0.15, -0.1) is 0 Å². The minimum atomic E-state index is -2.77. The molecule has 25 heavy (non-hydrogen) atoms.